The molecule has 84 valence electrons. The molecule has 0 amide bonds. The number of hydrazone groups is 1. The van der Waals surface area contributed by atoms with E-state index in [1.807, 2.05) is 31.2 Å². The number of rotatable bonds is 2. The minimum Gasteiger partial charge on any atom is -0.368 e. The van der Waals surface area contributed by atoms with Crippen LogP contribution in [0.2, 0.25) is 0 Å². The summed E-state index contributed by atoms with van der Waals surface area (Å²) in [5.41, 5.74) is 4.94. The molecule has 1 saturated heterocycles. The molecular weight excluding hydrogens is 242 g/mol. The van der Waals surface area contributed by atoms with E-state index in [2.05, 4.69) is 15.8 Å². The number of benzene rings is 1. The first-order chi connectivity index (χ1) is 7.65. The van der Waals surface area contributed by atoms with Crippen molar-refractivity contribution in [1.29, 1.82) is 0 Å². The van der Waals surface area contributed by atoms with E-state index in [-0.39, 0.29) is 0 Å². The van der Waals surface area contributed by atoms with Gasteiger partial charge in [-0.15, -0.1) is 0 Å². The summed E-state index contributed by atoms with van der Waals surface area (Å²) in [6, 6.07) is 7.83. The summed E-state index contributed by atoms with van der Waals surface area (Å²) >= 11 is 6.16. The van der Waals surface area contributed by atoms with Gasteiger partial charge in [0, 0.05) is 0 Å². The van der Waals surface area contributed by atoms with Gasteiger partial charge in [-0.25, -0.2) is 0 Å². The van der Waals surface area contributed by atoms with Gasteiger partial charge in [0.1, 0.15) is 9.36 Å². The van der Waals surface area contributed by atoms with E-state index in [0.29, 0.717) is 9.36 Å². The van der Waals surface area contributed by atoms with Crippen LogP contribution in [-0.4, -0.2) is 20.7 Å². The fourth-order valence-corrected chi connectivity index (χ4v) is 2.18. The van der Waals surface area contributed by atoms with Gasteiger partial charge in [0.2, 0.25) is 0 Å². The van der Waals surface area contributed by atoms with E-state index in [4.69, 9.17) is 12.2 Å². The Balaban J connectivity index is 2.03. The molecule has 0 bridgehead atoms. The first-order valence-electron chi connectivity index (χ1n) is 4.72. The molecule has 4 nitrogen and oxygen atoms in total. The summed E-state index contributed by atoms with van der Waals surface area (Å²) in [5, 5.41) is 16.8. The topological polar surface area (TPSA) is 56.7 Å². The van der Waals surface area contributed by atoms with Crippen molar-refractivity contribution in [3.05, 3.63) is 29.8 Å². The van der Waals surface area contributed by atoms with Crippen LogP contribution >= 0.6 is 24.0 Å². The van der Waals surface area contributed by atoms with E-state index in [0.717, 1.165) is 5.69 Å². The predicted octanol–water partition coefficient (Wildman–Crippen LogP) is 1.66. The third kappa shape index (κ3) is 2.72. The Labute approximate surface area is 103 Å². The molecule has 3 N–H and O–H groups in total. The average Bonchev–Trinajstić information content (AvgIpc) is 2.57. The Hall–Kier alpha value is -1.11. The highest BCUT2D eigenvalue weighted by Gasteiger charge is 2.24. The van der Waals surface area contributed by atoms with Gasteiger partial charge in [0.05, 0.1) is 5.69 Å². The van der Waals surface area contributed by atoms with Crippen LogP contribution in [0.15, 0.2) is 29.4 Å². The van der Waals surface area contributed by atoms with Gasteiger partial charge in [-0.3, -0.25) is 5.43 Å². The number of nitrogens with zero attached hydrogens (tertiary/aromatic N) is 1. The van der Waals surface area contributed by atoms with E-state index < -0.39 is 6.23 Å². The van der Waals surface area contributed by atoms with Crippen molar-refractivity contribution in [3.63, 3.8) is 0 Å². The largest absolute Gasteiger partial charge is 0.368 e. The molecule has 0 aliphatic carbocycles. The Kier molecular flexibility index (Phi) is 3.42. The lowest BCUT2D eigenvalue weighted by Gasteiger charge is -2.03. The van der Waals surface area contributed by atoms with Crippen LogP contribution in [0.25, 0.3) is 0 Å². The highest BCUT2D eigenvalue weighted by Crippen LogP contribution is 2.17. The van der Waals surface area contributed by atoms with E-state index in [9.17, 15) is 5.11 Å². The molecule has 1 heterocycles. The Bertz CT molecular complexity index is 430. The molecule has 16 heavy (non-hydrogen) atoms. The minimum absolute atomic E-state index is 0.533. The van der Waals surface area contributed by atoms with Crippen molar-refractivity contribution < 1.29 is 5.11 Å². The molecule has 1 aromatic rings. The molecule has 1 unspecified atom stereocenters. The lowest BCUT2D eigenvalue weighted by molar-refractivity contribution is 0.234. The number of hydrogen-bond acceptors (Lipinski definition) is 5. The van der Waals surface area contributed by atoms with Gasteiger partial charge in [-0.05, 0) is 30.8 Å². The van der Waals surface area contributed by atoms with Gasteiger partial charge >= 0.3 is 0 Å². The van der Waals surface area contributed by atoms with Crippen molar-refractivity contribution in [2.75, 3.05) is 5.43 Å². The summed E-state index contributed by atoms with van der Waals surface area (Å²) < 4.78 is 0.539. The first kappa shape index (κ1) is 11.4. The molecular formula is C10H11N3OS2. The van der Waals surface area contributed by atoms with Crippen LogP contribution in [0.4, 0.5) is 5.69 Å². The Morgan fingerprint density at radius 2 is 2.12 bits per heavy atom. The molecule has 6 heteroatoms. The van der Waals surface area contributed by atoms with Gasteiger partial charge in [0.15, 0.2) is 6.23 Å². The van der Waals surface area contributed by atoms with Gasteiger partial charge < -0.3 is 10.4 Å². The number of nitrogens with one attached hydrogen (secondary N) is 2. The minimum atomic E-state index is -0.796. The Morgan fingerprint density at radius 1 is 1.44 bits per heavy atom. The number of aliphatic hydroxyl groups excluding tert-OH is 1. The lowest BCUT2D eigenvalue weighted by Crippen LogP contribution is -2.28. The second-order valence-electron chi connectivity index (χ2n) is 3.36. The fourth-order valence-electron chi connectivity index (χ4n) is 1.19. The maximum atomic E-state index is 9.49. The van der Waals surface area contributed by atoms with E-state index in [1.54, 1.807) is 0 Å². The lowest BCUT2D eigenvalue weighted by atomic mass is 10.2. The number of thioether (sulfide) groups is 1. The zero-order chi connectivity index (χ0) is 11.5. The summed E-state index contributed by atoms with van der Waals surface area (Å²) in [6.07, 6.45) is -0.796. The average molecular weight is 253 g/mol. The van der Waals surface area contributed by atoms with Crippen molar-refractivity contribution in [2.45, 2.75) is 13.2 Å². The number of aliphatic hydroxyl groups is 1. The second kappa shape index (κ2) is 4.82. The van der Waals surface area contributed by atoms with Crippen molar-refractivity contribution in [1.82, 2.24) is 5.32 Å². The van der Waals surface area contributed by atoms with E-state index in [1.165, 1.54) is 17.3 Å². The number of hydrogen-bond donors (Lipinski definition) is 3. The number of thiocarbonyl (C=S) groups is 1. The van der Waals surface area contributed by atoms with Crippen LogP contribution in [0, 0.1) is 6.92 Å². The Morgan fingerprint density at radius 3 is 2.69 bits per heavy atom. The zero-order valence-corrected chi connectivity index (χ0v) is 10.2. The predicted molar refractivity (Wildman–Crippen MR) is 71.6 cm³/mol. The molecule has 1 fully saturated rings. The molecule has 0 aromatic heterocycles. The second-order valence-corrected chi connectivity index (χ2v) is 5.06. The first-order valence-corrected chi connectivity index (χ1v) is 5.94. The van der Waals surface area contributed by atoms with Crippen LogP contribution in [0.5, 0.6) is 0 Å². The SMILES string of the molecule is Cc1ccc(N/N=C2/SC(=S)NC2O)cc1. The van der Waals surface area contributed by atoms with Crippen molar-refractivity contribution >= 4 is 39.0 Å². The maximum Gasteiger partial charge on any atom is 0.177 e. The van der Waals surface area contributed by atoms with Crippen LogP contribution in [0.3, 0.4) is 0 Å². The molecule has 0 spiro atoms. The monoisotopic (exact) mass is 253 g/mol. The standard InChI is InChI=1S/C10H11N3OS2/c1-6-2-4-7(5-3-6)12-13-9-8(14)11-10(15)16-9/h2-5,8,12,14H,1H3,(H,11,15)/b13-9+. The molecule has 1 aliphatic heterocycles. The molecule has 1 atom stereocenters. The fraction of sp³-hybridized carbons (Fsp3) is 0.200. The number of aryl methyl sites for hydroxylation is 1. The normalized spacial score (nSPS) is 22.2. The smallest absolute Gasteiger partial charge is 0.177 e. The van der Waals surface area contributed by atoms with E-state index >= 15 is 0 Å². The summed E-state index contributed by atoms with van der Waals surface area (Å²) in [5.74, 6) is 0. The molecule has 2 rings (SSSR count). The third-order valence-corrected chi connectivity index (χ3v) is 3.23. The van der Waals surface area contributed by atoms with Crippen molar-refractivity contribution in [2.24, 2.45) is 5.10 Å². The molecule has 0 saturated carbocycles. The van der Waals surface area contributed by atoms with Crippen molar-refractivity contribution in [3.8, 4) is 0 Å². The highest BCUT2D eigenvalue weighted by atomic mass is 32.2. The van der Waals surface area contributed by atoms with Gasteiger partial charge in [-0.2, -0.15) is 5.10 Å². The molecule has 1 aliphatic rings. The number of anilines is 1. The van der Waals surface area contributed by atoms with Gasteiger partial charge in [-0.1, -0.05) is 29.9 Å². The van der Waals surface area contributed by atoms with Crippen LogP contribution in [-0.2, 0) is 0 Å². The molecule has 1 aromatic carbocycles. The summed E-state index contributed by atoms with van der Waals surface area (Å²) in [6.45, 7) is 2.02. The summed E-state index contributed by atoms with van der Waals surface area (Å²) in [7, 11) is 0. The summed E-state index contributed by atoms with van der Waals surface area (Å²) in [4.78, 5) is 0. The molecule has 0 radical (unpaired) electrons. The van der Waals surface area contributed by atoms with Gasteiger partial charge in [0.25, 0.3) is 0 Å². The quantitative estimate of drug-likeness (QED) is 0.553. The highest BCUT2D eigenvalue weighted by molar-refractivity contribution is 8.33. The van der Waals surface area contributed by atoms with Crippen LogP contribution in [0.1, 0.15) is 5.56 Å². The third-order valence-electron chi connectivity index (χ3n) is 2.03. The maximum absolute atomic E-state index is 9.49. The van der Waals surface area contributed by atoms with Crippen LogP contribution < -0.4 is 10.7 Å². The zero-order valence-electron chi connectivity index (χ0n) is 8.60.